The number of pyridine rings is 2. The highest BCUT2D eigenvalue weighted by molar-refractivity contribution is 6.11. The molecule has 0 saturated heterocycles. The van der Waals surface area contributed by atoms with Crippen molar-refractivity contribution < 1.29 is 14.6 Å². The second kappa shape index (κ2) is 7.21. The normalized spacial score (nSPS) is 16.1. The molecule has 1 N–H and O–H groups in total. The van der Waals surface area contributed by atoms with Crippen molar-refractivity contribution >= 4 is 11.7 Å². The molecule has 0 radical (unpaired) electrons. The van der Waals surface area contributed by atoms with Crippen LogP contribution in [0.15, 0.2) is 36.8 Å². The first-order valence-corrected chi connectivity index (χ1v) is 9.78. The summed E-state index contributed by atoms with van der Waals surface area (Å²) in [6.45, 7) is 7.63. The van der Waals surface area contributed by atoms with Crippen LogP contribution in [0, 0.1) is 6.92 Å². The summed E-state index contributed by atoms with van der Waals surface area (Å²) < 4.78 is 6.91. The van der Waals surface area contributed by atoms with Gasteiger partial charge in [-0.15, -0.1) is 0 Å². The van der Waals surface area contributed by atoms with Crippen LogP contribution in [-0.4, -0.2) is 43.5 Å². The minimum atomic E-state index is -0.898. The standard InChI is InChI=1S/C22H25N5O3/c1-13-8-17(15-9-16(30-5)11-23-10-15)24-20-14(2)27(21(28)19(13)20)18-6-7-26(25-18)12-22(3,4)29/h6-11,14,29H,12H2,1-5H3/t14-/m1/s1. The van der Waals surface area contributed by atoms with E-state index in [2.05, 4.69) is 10.1 Å². The Hall–Kier alpha value is -3.26. The molecule has 1 amide bonds. The maximum absolute atomic E-state index is 13.2. The summed E-state index contributed by atoms with van der Waals surface area (Å²) in [6.07, 6.45) is 5.14. The summed E-state index contributed by atoms with van der Waals surface area (Å²) in [5, 5.41) is 14.5. The zero-order chi connectivity index (χ0) is 21.6. The summed E-state index contributed by atoms with van der Waals surface area (Å²) in [7, 11) is 1.60. The SMILES string of the molecule is COc1cncc(-c2cc(C)c3c(n2)[C@@H](C)N(c2ccn(CC(C)(C)O)n2)C3=O)c1. The molecule has 0 bridgehead atoms. The third-order valence-corrected chi connectivity index (χ3v) is 5.13. The van der Waals surface area contributed by atoms with E-state index in [0.717, 1.165) is 22.5 Å². The molecule has 0 saturated carbocycles. The van der Waals surface area contributed by atoms with Crippen molar-refractivity contribution in [2.24, 2.45) is 0 Å². The van der Waals surface area contributed by atoms with Gasteiger partial charge in [0, 0.05) is 24.0 Å². The maximum atomic E-state index is 13.2. The number of anilines is 1. The molecule has 1 atom stereocenters. The molecular formula is C22H25N5O3. The van der Waals surface area contributed by atoms with Gasteiger partial charge < -0.3 is 9.84 Å². The van der Waals surface area contributed by atoms with Crippen LogP contribution in [0.4, 0.5) is 5.82 Å². The van der Waals surface area contributed by atoms with Gasteiger partial charge in [-0.2, -0.15) is 5.10 Å². The topological polar surface area (TPSA) is 93.4 Å². The van der Waals surface area contributed by atoms with Crippen molar-refractivity contribution in [3.8, 4) is 17.0 Å². The van der Waals surface area contributed by atoms with Gasteiger partial charge in [0.05, 0.1) is 48.4 Å². The number of aliphatic hydroxyl groups is 1. The fourth-order valence-electron chi connectivity index (χ4n) is 3.78. The van der Waals surface area contributed by atoms with Crippen molar-refractivity contribution in [1.82, 2.24) is 19.7 Å². The summed E-state index contributed by atoms with van der Waals surface area (Å²) in [6, 6.07) is 5.29. The number of hydrogen-bond donors (Lipinski definition) is 1. The van der Waals surface area contributed by atoms with Gasteiger partial charge in [0.15, 0.2) is 5.82 Å². The third kappa shape index (κ3) is 3.54. The Morgan fingerprint density at radius 3 is 2.73 bits per heavy atom. The highest BCUT2D eigenvalue weighted by atomic mass is 16.5. The Labute approximate surface area is 175 Å². The molecule has 4 heterocycles. The molecule has 0 aliphatic carbocycles. The lowest BCUT2D eigenvalue weighted by Gasteiger charge is -2.19. The number of ether oxygens (including phenoxy) is 1. The van der Waals surface area contributed by atoms with Crippen LogP contribution >= 0.6 is 0 Å². The van der Waals surface area contributed by atoms with E-state index in [1.807, 2.05) is 26.0 Å². The average molecular weight is 407 g/mol. The number of aromatic nitrogens is 4. The number of carbonyl (C=O) groups is 1. The van der Waals surface area contributed by atoms with E-state index in [-0.39, 0.29) is 11.9 Å². The van der Waals surface area contributed by atoms with Gasteiger partial charge >= 0.3 is 0 Å². The first-order valence-electron chi connectivity index (χ1n) is 9.78. The number of amides is 1. The highest BCUT2D eigenvalue weighted by Crippen LogP contribution is 2.38. The average Bonchev–Trinajstić information content (AvgIpc) is 3.22. The number of nitrogens with zero attached hydrogens (tertiary/aromatic N) is 5. The minimum Gasteiger partial charge on any atom is -0.495 e. The van der Waals surface area contributed by atoms with Crippen LogP contribution in [0.25, 0.3) is 11.3 Å². The summed E-state index contributed by atoms with van der Waals surface area (Å²) in [5.41, 5.74) is 2.85. The minimum absolute atomic E-state index is 0.119. The Kier molecular flexibility index (Phi) is 4.82. The Bertz CT molecular complexity index is 1120. The van der Waals surface area contributed by atoms with Crippen molar-refractivity contribution in [2.45, 2.75) is 45.9 Å². The van der Waals surface area contributed by atoms with Crippen molar-refractivity contribution in [2.75, 3.05) is 12.0 Å². The number of carbonyl (C=O) groups excluding carboxylic acids is 1. The second-order valence-electron chi connectivity index (χ2n) is 8.23. The van der Waals surface area contributed by atoms with Crippen LogP contribution in [0.2, 0.25) is 0 Å². The second-order valence-corrected chi connectivity index (χ2v) is 8.23. The number of rotatable bonds is 5. The quantitative estimate of drug-likeness (QED) is 0.698. The lowest BCUT2D eigenvalue weighted by atomic mass is 10.0. The molecule has 4 rings (SSSR count). The van der Waals surface area contributed by atoms with E-state index in [9.17, 15) is 9.90 Å². The van der Waals surface area contributed by atoms with Gasteiger partial charge in [-0.3, -0.25) is 19.4 Å². The lowest BCUT2D eigenvalue weighted by molar-refractivity contribution is 0.0578. The van der Waals surface area contributed by atoms with E-state index < -0.39 is 5.60 Å². The van der Waals surface area contributed by atoms with E-state index in [4.69, 9.17) is 9.72 Å². The van der Waals surface area contributed by atoms with Crippen molar-refractivity contribution in [3.05, 3.63) is 53.6 Å². The number of hydrogen-bond acceptors (Lipinski definition) is 6. The van der Waals surface area contributed by atoms with Crippen molar-refractivity contribution in [1.29, 1.82) is 0 Å². The fourth-order valence-corrected chi connectivity index (χ4v) is 3.78. The van der Waals surface area contributed by atoms with E-state index >= 15 is 0 Å². The molecule has 8 heteroatoms. The number of methoxy groups -OCH3 is 1. The van der Waals surface area contributed by atoms with Gasteiger partial charge in [-0.05, 0) is 45.4 Å². The third-order valence-electron chi connectivity index (χ3n) is 5.13. The summed E-state index contributed by atoms with van der Waals surface area (Å²) >= 11 is 0. The van der Waals surface area contributed by atoms with Crippen LogP contribution in [-0.2, 0) is 6.54 Å². The molecular weight excluding hydrogens is 382 g/mol. The molecule has 8 nitrogen and oxygen atoms in total. The number of fused-ring (bicyclic) bond motifs is 1. The van der Waals surface area contributed by atoms with E-state index in [1.54, 1.807) is 55.2 Å². The summed E-state index contributed by atoms with van der Waals surface area (Å²) in [5.74, 6) is 1.07. The van der Waals surface area contributed by atoms with Crippen LogP contribution in [0.1, 0.15) is 48.4 Å². The lowest BCUT2D eigenvalue weighted by Crippen LogP contribution is -2.28. The largest absolute Gasteiger partial charge is 0.495 e. The maximum Gasteiger partial charge on any atom is 0.262 e. The molecule has 1 aliphatic rings. The van der Waals surface area contributed by atoms with Crippen LogP contribution < -0.4 is 9.64 Å². The molecule has 3 aromatic rings. The summed E-state index contributed by atoms with van der Waals surface area (Å²) in [4.78, 5) is 23.9. The molecule has 0 aromatic carbocycles. The van der Waals surface area contributed by atoms with Gasteiger partial charge in [0.2, 0.25) is 0 Å². The van der Waals surface area contributed by atoms with E-state index in [1.165, 1.54) is 0 Å². The first kappa shape index (κ1) is 20.0. The molecule has 0 spiro atoms. The molecule has 30 heavy (non-hydrogen) atoms. The Balaban J connectivity index is 1.71. The van der Waals surface area contributed by atoms with E-state index in [0.29, 0.717) is 23.7 Å². The zero-order valence-electron chi connectivity index (χ0n) is 17.7. The fraction of sp³-hybridized carbons (Fsp3) is 0.364. The van der Waals surface area contributed by atoms with Crippen LogP contribution in [0.5, 0.6) is 5.75 Å². The van der Waals surface area contributed by atoms with Gasteiger partial charge in [-0.25, -0.2) is 4.98 Å². The zero-order valence-corrected chi connectivity index (χ0v) is 17.7. The van der Waals surface area contributed by atoms with Crippen LogP contribution in [0.3, 0.4) is 0 Å². The number of aryl methyl sites for hydroxylation is 1. The van der Waals surface area contributed by atoms with Gasteiger partial charge in [0.25, 0.3) is 5.91 Å². The predicted molar refractivity (Wildman–Crippen MR) is 113 cm³/mol. The molecule has 0 fully saturated rings. The smallest absolute Gasteiger partial charge is 0.262 e. The molecule has 156 valence electrons. The van der Waals surface area contributed by atoms with Crippen molar-refractivity contribution in [3.63, 3.8) is 0 Å². The molecule has 3 aromatic heterocycles. The monoisotopic (exact) mass is 407 g/mol. The molecule has 1 aliphatic heterocycles. The van der Waals surface area contributed by atoms with Gasteiger partial charge in [-0.1, -0.05) is 0 Å². The molecule has 0 unspecified atom stereocenters. The van der Waals surface area contributed by atoms with Gasteiger partial charge in [0.1, 0.15) is 5.75 Å². The highest BCUT2D eigenvalue weighted by Gasteiger charge is 2.39. The first-order chi connectivity index (χ1) is 14.2. The predicted octanol–water partition coefficient (Wildman–Crippen LogP) is 3.15. The Morgan fingerprint density at radius 2 is 2.03 bits per heavy atom. The Morgan fingerprint density at radius 1 is 1.27 bits per heavy atom.